The molecule has 4 heteroatoms. The molecule has 0 bridgehead atoms. The van der Waals surface area contributed by atoms with Gasteiger partial charge in [0.2, 0.25) is 0 Å². The van der Waals surface area contributed by atoms with Crippen molar-refractivity contribution in [2.45, 2.75) is 12.8 Å². The van der Waals surface area contributed by atoms with Crippen LogP contribution in [-0.2, 0) is 6.42 Å². The fourth-order valence-corrected chi connectivity index (χ4v) is 1.90. The minimum Gasteiger partial charge on any atom is -0.330 e. The van der Waals surface area contributed by atoms with Crippen molar-refractivity contribution in [1.82, 2.24) is 9.78 Å². The lowest BCUT2D eigenvalue weighted by atomic mass is 10.1. The van der Waals surface area contributed by atoms with Crippen LogP contribution in [0.25, 0.3) is 5.69 Å². The average molecular weight is 236 g/mol. The van der Waals surface area contributed by atoms with Crippen LogP contribution < -0.4 is 5.73 Å². The molecule has 1 heterocycles. The number of nitrogens with two attached hydrogens (primary N) is 1. The summed E-state index contributed by atoms with van der Waals surface area (Å²) in [5.74, 6) is 0. The number of hydrogen-bond acceptors (Lipinski definition) is 2. The summed E-state index contributed by atoms with van der Waals surface area (Å²) in [6, 6.07) is 7.91. The van der Waals surface area contributed by atoms with E-state index < -0.39 is 0 Å². The Kier molecular flexibility index (Phi) is 3.59. The Morgan fingerprint density at radius 1 is 1.38 bits per heavy atom. The summed E-state index contributed by atoms with van der Waals surface area (Å²) >= 11 is 6.21. The average Bonchev–Trinajstić information content (AvgIpc) is 2.80. The van der Waals surface area contributed by atoms with Crippen LogP contribution in [-0.4, -0.2) is 16.3 Å². The topological polar surface area (TPSA) is 43.8 Å². The predicted octanol–water partition coefficient (Wildman–Crippen LogP) is 2.42. The normalized spacial score (nSPS) is 10.6. The third kappa shape index (κ3) is 2.43. The molecule has 3 nitrogen and oxygen atoms in total. The van der Waals surface area contributed by atoms with Crippen molar-refractivity contribution in [1.29, 1.82) is 0 Å². The van der Waals surface area contributed by atoms with Crippen LogP contribution in [0.3, 0.4) is 0 Å². The maximum atomic E-state index is 6.21. The highest BCUT2D eigenvalue weighted by atomic mass is 35.5. The van der Waals surface area contributed by atoms with E-state index in [1.54, 1.807) is 10.9 Å². The van der Waals surface area contributed by atoms with Gasteiger partial charge in [-0.25, -0.2) is 4.68 Å². The Morgan fingerprint density at radius 3 is 2.88 bits per heavy atom. The van der Waals surface area contributed by atoms with Crippen molar-refractivity contribution >= 4 is 11.6 Å². The lowest BCUT2D eigenvalue weighted by Gasteiger charge is -2.06. The largest absolute Gasteiger partial charge is 0.330 e. The third-order valence-corrected chi connectivity index (χ3v) is 2.74. The lowest BCUT2D eigenvalue weighted by molar-refractivity contribution is 0.829. The first-order valence-electron chi connectivity index (χ1n) is 5.30. The van der Waals surface area contributed by atoms with Gasteiger partial charge in [-0.3, -0.25) is 0 Å². The number of rotatable bonds is 4. The Labute approximate surface area is 99.8 Å². The molecule has 0 saturated carbocycles. The van der Waals surface area contributed by atoms with E-state index in [1.807, 2.05) is 24.4 Å². The number of aryl methyl sites for hydroxylation is 1. The van der Waals surface area contributed by atoms with Crippen molar-refractivity contribution in [3.05, 3.63) is 47.2 Å². The molecule has 0 unspecified atom stereocenters. The first kappa shape index (κ1) is 11.2. The molecule has 0 radical (unpaired) electrons. The number of benzene rings is 1. The second-order valence-corrected chi connectivity index (χ2v) is 4.04. The van der Waals surface area contributed by atoms with Crippen molar-refractivity contribution in [2.75, 3.05) is 6.54 Å². The van der Waals surface area contributed by atoms with Gasteiger partial charge in [-0.15, -0.1) is 0 Å². The van der Waals surface area contributed by atoms with E-state index in [4.69, 9.17) is 17.3 Å². The van der Waals surface area contributed by atoms with Crippen LogP contribution >= 0.6 is 11.6 Å². The SMILES string of the molecule is NCCCc1ccc(-n2cccn2)c(Cl)c1. The van der Waals surface area contributed by atoms with Gasteiger partial charge in [-0.1, -0.05) is 17.7 Å². The van der Waals surface area contributed by atoms with Crippen molar-refractivity contribution in [3.63, 3.8) is 0 Å². The molecule has 84 valence electrons. The molecule has 0 spiro atoms. The molecule has 0 atom stereocenters. The molecule has 0 amide bonds. The molecule has 1 aromatic heterocycles. The van der Waals surface area contributed by atoms with E-state index >= 15 is 0 Å². The first-order valence-corrected chi connectivity index (χ1v) is 5.67. The van der Waals surface area contributed by atoms with Crippen molar-refractivity contribution < 1.29 is 0 Å². The van der Waals surface area contributed by atoms with Gasteiger partial charge in [0.05, 0.1) is 10.7 Å². The van der Waals surface area contributed by atoms with Crippen LogP contribution in [0.2, 0.25) is 5.02 Å². The summed E-state index contributed by atoms with van der Waals surface area (Å²) in [5, 5.41) is 4.87. The van der Waals surface area contributed by atoms with Gasteiger partial charge in [-0.05, 0) is 43.1 Å². The Balaban J connectivity index is 2.23. The molecule has 16 heavy (non-hydrogen) atoms. The van der Waals surface area contributed by atoms with Gasteiger partial charge < -0.3 is 5.73 Å². The molecule has 1 aromatic carbocycles. The number of hydrogen-bond donors (Lipinski definition) is 1. The molecular formula is C12H14ClN3. The predicted molar refractivity (Wildman–Crippen MR) is 65.9 cm³/mol. The van der Waals surface area contributed by atoms with Gasteiger partial charge in [-0.2, -0.15) is 5.10 Å². The van der Waals surface area contributed by atoms with E-state index in [-0.39, 0.29) is 0 Å². The van der Waals surface area contributed by atoms with Crippen molar-refractivity contribution in [3.8, 4) is 5.69 Å². The zero-order valence-corrected chi connectivity index (χ0v) is 9.69. The van der Waals surface area contributed by atoms with E-state index in [2.05, 4.69) is 11.2 Å². The van der Waals surface area contributed by atoms with Crippen LogP contribution in [0, 0.1) is 0 Å². The standard InChI is InChI=1S/C12H14ClN3/c13-11-9-10(3-1-6-14)4-5-12(11)16-8-2-7-15-16/h2,4-5,7-9H,1,3,6,14H2. The maximum absolute atomic E-state index is 6.21. The monoisotopic (exact) mass is 235 g/mol. The van der Waals surface area contributed by atoms with Gasteiger partial charge in [0.1, 0.15) is 0 Å². The Morgan fingerprint density at radius 2 is 2.25 bits per heavy atom. The first-order chi connectivity index (χ1) is 7.81. The highest BCUT2D eigenvalue weighted by Crippen LogP contribution is 2.21. The number of halogens is 1. The van der Waals surface area contributed by atoms with E-state index in [0.717, 1.165) is 23.6 Å². The van der Waals surface area contributed by atoms with Crippen LogP contribution in [0.4, 0.5) is 0 Å². The quantitative estimate of drug-likeness (QED) is 0.885. The number of aromatic nitrogens is 2. The van der Waals surface area contributed by atoms with Gasteiger partial charge in [0.25, 0.3) is 0 Å². The van der Waals surface area contributed by atoms with E-state index in [0.29, 0.717) is 6.54 Å². The second-order valence-electron chi connectivity index (χ2n) is 3.63. The van der Waals surface area contributed by atoms with Crippen LogP contribution in [0.1, 0.15) is 12.0 Å². The zero-order valence-electron chi connectivity index (χ0n) is 8.94. The van der Waals surface area contributed by atoms with Gasteiger partial charge in [0.15, 0.2) is 0 Å². The second kappa shape index (κ2) is 5.14. The van der Waals surface area contributed by atoms with E-state index in [1.165, 1.54) is 5.56 Å². The molecule has 0 fully saturated rings. The fourth-order valence-electron chi connectivity index (χ4n) is 1.61. The zero-order chi connectivity index (χ0) is 11.4. The van der Waals surface area contributed by atoms with Gasteiger partial charge >= 0.3 is 0 Å². The summed E-state index contributed by atoms with van der Waals surface area (Å²) in [6.45, 7) is 0.707. The molecule has 2 N–H and O–H groups in total. The van der Waals surface area contributed by atoms with Crippen LogP contribution in [0.15, 0.2) is 36.7 Å². The molecule has 0 aliphatic rings. The molecule has 0 aliphatic heterocycles. The molecule has 0 aliphatic carbocycles. The molecular weight excluding hydrogens is 222 g/mol. The number of nitrogens with zero attached hydrogens (tertiary/aromatic N) is 2. The minimum atomic E-state index is 0.707. The van der Waals surface area contributed by atoms with Gasteiger partial charge in [0, 0.05) is 12.4 Å². The van der Waals surface area contributed by atoms with Crippen molar-refractivity contribution in [2.24, 2.45) is 5.73 Å². The summed E-state index contributed by atoms with van der Waals surface area (Å²) in [4.78, 5) is 0. The van der Waals surface area contributed by atoms with E-state index in [9.17, 15) is 0 Å². The maximum Gasteiger partial charge on any atom is 0.0831 e. The summed E-state index contributed by atoms with van der Waals surface area (Å²) in [6.07, 6.45) is 5.56. The Hall–Kier alpha value is -1.32. The minimum absolute atomic E-state index is 0.707. The smallest absolute Gasteiger partial charge is 0.0831 e. The molecule has 0 saturated heterocycles. The lowest BCUT2D eigenvalue weighted by Crippen LogP contribution is -2.01. The fraction of sp³-hybridized carbons (Fsp3) is 0.250. The summed E-state index contributed by atoms with van der Waals surface area (Å²) in [7, 11) is 0. The molecule has 2 rings (SSSR count). The van der Waals surface area contributed by atoms with Crippen LogP contribution in [0.5, 0.6) is 0 Å². The summed E-state index contributed by atoms with van der Waals surface area (Å²) in [5.41, 5.74) is 7.59. The molecule has 2 aromatic rings. The highest BCUT2D eigenvalue weighted by Gasteiger charge is 2.03. The summed E-state index contributed by atoms with van der Waals surface area (Å²) < 4.78 is 1.76. The highest BCUT2D eigenvalue weighted by molar-refractivity contribution is 6.32. The third-order valence-electron chi connectivity index (χ3n) is 2.43. The Bertz CT molecular complexity index is 451.